The van der Waals surface area contributed by atoms with Gasteiger partial charge in [-0.05, 0) is 48.9 Å². The standard InChI is InChI=1S/C27H27ClN4O3/c1-3-9-21(31-27(34)18-10-5-4-6-11-18)26-30-20-12-7-8-13-23(20)32(26)17-25(33)29-22-16-19(28)14-15-24(22)35-2/h4-8,10-16,21H,3,9,17H2,1-2H3,(H,29,33)(H,31,34)/t21-/m1/s1. The number of ether oxygens (including phenoxy) is 1. The normalized spacial score (nSPS) is 11.7. The van der Waals surface area contributed by atoms with E-state index in [1.807, 2.05) is 54.0 Å². The predicted octanol–water partition coefficient (Wildman–Crippen LogP) is 5.61. The van der Waals surface area contributed by atoms with E-state index in [9.17, 15) is 9.59 Å². The molecule has 0 fully saturated rings. The molecule has 1 atom stereocenters. The minimum absolute atomic E-state index is 0.00688. The molecular formula is C27H27ClN4O3. The van der Waals surface area contributed by atoms with Gasteiger partial charge in [-0.1, -0.05) is 55.3 Å². The van der Waals surface area contributed by atoms with Crippen LogP contribution < -0.4 is 15.4 Å². The van der Waals surface area contributed by atoms with Gasteiger partial charge in [0.1, 0.15) is 18.1 Å². The molecule has 8 heteroatoms. The molecule has 3 aromatic carbocycles. The summed E-state index contributed by atoms with van der Waals surface area (Å²) in [6.45, 7) is 2.06. The van der Waals surface area contributed by atoms with E-state index >= 15 is 0 Å². The molecule has 7 nitrogen and oxygen atoms in total. The highest BCUT2D eigenvalue weighted by Crippen LogP contribution is 2.28. The SMILES string of the molecule is CCC[C@@H](NC(=O)c1ccccc1)c1nc2ccccc2n1CC(=O)Nc1cc(Cl)ccc1OC. The van der Waals surface area contributed by atoms with Crippen molar-refractivity contribution in [2.45, 2.75) is 32.4 Å². The number of aromatic nitrogens is 2. The van der Waals surface area contributed by atoms with Crippen LogP contribution in [0.15, 0.2) is 72.8 Å². The van der Waals surface area contributed by atoms with Gasteiger partial charge in [-0.25, -0.2) is 4.98 Å². The van der Waals surface area contributed by atoms with Gasteiger partial charge in [-0.3, -0.25) is 9.59 Å². The Morgan fingerprint density at radius 1 is 1.06 bits per heavy atom. The van der Waals surface area contributed by atoms with E-state index in [0.717, 1.165) is 17.5 Å². The first kappa shape index (κ1) is 24.3. The maximum atomic E-state index is 13.1. The Balaban J connectivity index is 1.66. The van der Waals surface area contributed by atoms with E-state index in [1.165, 1.54) is 7.11 Å². The smallest absolute Gasteiger partial charge is 0.251 e. The molecule has 0 aliphatic carbocycles. The number of carbonyl (C=O) groups is 2. The van der Waals surface area contributed by atoms with Crippen molar-refractivity contribution in [2.24, 2.45) is 0 Å². The van der Waals surface area contributed by atoms with Gasteiger partial charge in [0.15, 0.2) is 0 Å². The third-order valence-corrected chi connectivity index (χ3v) is 5.89. The number of fused-ring (bicyclic) bond motifs is 1. The molecule has 0 saturated carbocycles. The summed E-state index contributed by atoms with van der Waals surface area (Å²) >= 11 is 6.12. The summed E-state index contributed by atoms with van der Waals surface area (Å²) < 4.78 is 7.20. The van der Waals surface area contributed by atoms with Crippen molar-refractivity contribution >= 4 is 40.1 Å². The van der Waals surface area contributed by atoms with E-state index in [-0.39, 0.29) is 24.4 Å². The van der Waals surface area contributed by atoms with Gasteiger partial charge < -0.3 is 19.9 Å². The highest BCUT2D eigenvalue weighted by Gasteiger charge is 2.23. The number of carbonyl (C=O) groups excluding carboxylic acids is 2. The van der Waals surface area contributed by atoms with E-state index in [0.29, 0.717) is 34.3 Å². The lowest BCUT2D eigenvalue weighted by Gasteiger charge is -2.20. The Kier molecular flexibility index (Phi) is 7.67. The van der Waals surface area contributed by atoms with Gasteiger partial charge >= 0.3 is 0 Å². The number of nitrogens with zero attached hydrogens (tertiary/aromatic N) is 2. The molecule has 0 saturated heterocycles. The number of imidazole rings is 1. The zero-order valence-corrected chi connectivity index (χ0v) is 20.4. The van der Waals surface area contributed by atoms with Gasteiger partial charge in [0.2, 0.25) is 5.91 Å². The number of hydrogen-bond donors (Lipinski definition) is 2. The first-order chi connectivity index (χ1) is 17.0. The summed E-state index contributed by atoms with van der Waals surface area (Å²) in [5.74, 6) is 0.693. The largest absolute Gasteiger partial charge is 0.495 e. The van der Waals surface area contributed by atoms with Gasteiger partial charge in [-0.2, -0.15) is 0 Å². The topological polar surface area (TPSA) is 85.2 Å². The summed E-state index contributed by atoms with van der Waals surface area (Å²) in [5.41, 5.74) is 2.62. The Labute approximate surface area is 209 Å². The molecule has 4 aromatic rings. The van der Waals surface area contributed by atoms with Crippen molar-refractivity contribution in [3.63, 3.8) is 0 Å². The van der Waals surface area contributed by atoms with Crippen LogP contribution in [-0.2, 0) is 11.3 Å². The average molecular weight is 491 g/mol. The zero-order chi connectivity index (χ0) is 24.8. The molecule has 0 radical (unpaired) electrons. The van der Waals surface area contributed by atoms with Crippen LogP contribution >= 0.6 is 11.6 Å². The summed E-state index contributed by atoms with van der Waals surface area (Å²) in [4.78, 5) is 30.9. The van der Waals surface area contributed by atoms with Gasteiger partial charge in [0.05, 0.1) is 29.9 Å². The van der Waals surface area contributed by atoms with Crippen molar-refractivity contribution in [3.05, 3.63) is 89.2 Å². The molecule has 1 aromatic heterocycles. The summed E-state index contributed by atoms with van der Waals surface area (Å²) in [5, 5.41) is 6.48. The number of halogens is 1. The van der Waals surface area contributed by atoms with Gasteiger partial charge in [-0.15, -0.1) is 0 Å². The third-order valence-electron chi connectivity index (χ3n) is 5.65. The molecule has 35 heavy (non-hydrogen) atoms. The number of para-hydroxylation sites is 2. The second-order valence-electron chi connectivity index (χ2n) is 8.12. The van der Waals surface area contributed by atoms with E-state index in [1.54, 1.807) is 30.3 Å². The lowest BCUT2D eigenvalue weighted by Crippen LogP contribution is -2.31. The maximum Gasteiger partial charge on any atom is 0.251 e. The molecule has 2 amide bonds. The van der Waals surface area contributed by atoms with Crippen molar-refractivity contribution < 1.29 is 14.3 Å². The molecule has 0 bridgehead atoms. The predicted molar refractivity (Wildman–Crippen MR) is 138 cm³/mol. The molecule has 180 valence electrons. The number of hydrogen-bond acceptors (Lipinski definition) is 4. The highest BCUT2D eigenvalue weighted by molar-refractivity contribution is 6.31. The van der Waals surface area contributed by atoms with Crippen LogP contribution in [0, 0.1) is 0 Å². The fraction of sp³-hybridized carbons (Fsp3) is 0.222. The average Bonchev–Trinajstić information content (AvgIpc) is 3.22. The molecule has 0 aliphatic rings. The van der Waals surface area contributed by atoms with Crippen molar-refractivity contribution in [1.82, 2.24) is 14.9 Å². The molecule has 0 spiro atoms. The number of methoxy groups -OCH3 is 1. The van der Waals surface area contributed by atoms with Crippen LogP contribution in [0.3, 0.4) is 0 Å². The van der Waals surface area contributed by atoms with Crippen molar-refractivity contribution in [1.29, 1.82) is 0 Å². The highest BCUT2D eigenvalue weighted by atomic mass is 35.5. The Morgan fingerprint density at radius 2 is 1.80 bits per heavy atom. The van der Waals surface area contributed by atoms with Crippen molar-refractivity contribution in [3.8, 4) is 5.75 Å². The minimum atomic E-state index is -0.367. The Hall–Kier alpha value is -3.84. The first-order valence-electron chi connectivity index (χ1n) is 11.4. The van der Waals surface area contributed by atoms with Gasteiger partial charge in [0.25, 0.3) is 5.91 Å². The summed E-state index contributed by atoms with van der Waals surface area (Å²) in [6, 6.07) is 21.4. The fourth-order valence-electron chi connectivity index (χ4n) is 4.02. The summed E-state index contributed by atoms with van der Waals surface area (Å²) in [7, 11) is 1.53. The van der Waals surface area contributed by atoms with Crippen LogP contribution in [0.25, 0.3) is 11.0 Å². The third kappa shape index (κ3) is 5.63. The molecule has 1 heterocycles. The minimum Gasteiger partial charge on any atom is -0.495 e. The van der Waals surface area contributed by atoms with E-state index < -0.39 is 0 Å². The first-order valence-corrected chi connectivity index (χ1v) is 11.8. The number of benzene rings is 3. The molecular weight excluding hydrogens is 464 g/mol. The van der Waals surface area contributed by atoms with Crippen LogP contribution in [0.5, 0.6) is 5.75 Å². The zero-order valence-electron chi connectivity index (χ0n) is 19.6. The number of nitrogens with one attached hydrogen (secondary N) is 2. The number of rotatable bonds is 9. The Morgan fingerprint density at radius 3 is 2.54 bits per heavy atom. The lowest BCUT2D eigenvalue weighted by atomic mass is 10.1. The van der Waals surface area contributed by atoms with Crippen LogP contribution in [0.1, 0.15) is 42.0 Å². The lowest BCUT2D eigenvalue weighted by molar-refractivity contribution is -0.116. The van der Waals surface area contributed by atoms with E-state index in [2.05, 4.69) is 10.6 Å². The molecule has 0 unspecified atom stereocenters. The number of amides is 2. The molecule has 4 rings (SSSR count). The maximum absolute atomic E-state index is 13.1. The van der Waals surface area contributed by atoms with Crippen LogP contribution in [0.2, 0.25) is 5.02 Å². The fourth-order valence-corrected chi connectivity index (χ4v) is 4.20. The van der Waals surface area contributed by atoms with Crippen LogP contribution in [-0.4, -0.2) is 28.5 Å². The molecule has 2 N–H and O–H groups in total. The van der Waals surface area contributed by atoms with Gasteiger partial charge in [0, 0.05) is 10.6 Å². The van der Waals surface area contributed by atoms with E-state index in [4.69, 9.17) is 21.3 Å². The van der Waals surface area contributed by atoms with Crippen molar-refractivity contribution in [2.75, 3.05) is 12.4 Å². The second kappa shape index (κ2) is 11.1. The molecule has 0 aliphatic heterocycles. The van der Waals surface area contributed by atoms with Crippen LogP contribution in [0.4, 0.5) is 5.69 Å². The Bertz CT molecular complexity index is 1340. The summed E-state index contributed by atoms with van der Waals surface area (Å²) in [6.07, 6.45) is 1.50. The monoisotopic (exact) mass is 490 g/mol. The second-order valence-corrected chi connectivity index (χ2v) is 8.55. The number of anilines is 1. The quantitative estimate of drug-likeness (QED) is 0.319.